The third kappa shape index (κ3) is 5.01. The Kier molecular flexibility index (Phi) is 7.06. The third-order valence-corrected chi connectivity index (χ3v) is 8.59. The van der Waals surface area contributed by atoms with E-state index in [2.05, 4.69) is 137 Å². The van der Waals surface area contributed by atoms with Crippen molar-refractivity contribution in [1.29, 1.82) is 0 Å². The second-order valence-electron chi connectivity index (χ2n) is 9.96. The summed E-state index contributed by atoms with van der Waals surface area (Å²) in [5.74, 6) is 0.455. The summed E-state index contributed by atoms with van der Waals surface area (Å²) in [6.07, 6.45) is 0. The van der Waals surface area contributed by atoms with Crippen LogP contribution in [0.5, 0.6) is 0 Å². The Labute approximate surface area is 238 Å². The summed E-state index contributed by atoms with van der Waals surface area (Å²) in [6.45, 7) is 4.44. The Morgan fingerprint density at radius 1 is 0.564 bits per heavy atom. The van der Waals surface area contributed by atoms with Gasteiger partial charge < -0.3 is 10.6 Å². The van der Waals surface area contributed by atoms with Gasteiger partial charge in [-0.2, -0.15) is 11.3 Å². The number of nitrogen functional groups attached to an aromatic ring is 1. The first-order valence-electron chi connectivity index (χ1n) is 13.1. The molecule has 0 amide bonds. The zero-order valence-electron chi connectivity index (χ0n) is 22.0. The van der Waals surface area contributed by atoms with Crippen molar-refractivity contribution in [2.45, 2.75) is 19.8 Å². The number of thiophene rings is 2. The molecule has 6 rings (SSSR count). The number of hydrogen-bond donors (Lipinski definition) is 1. The minimum atomic E-state index is 0.455. The highest BCUT2D eigenvalue weighted by molar-refractivity contribution is 7.09. The number of rotatable bonds is 7. The molecule has 0 aliphatic carbocycles. The molecule has 0 saturated heterocycles. The molecule has 0 fully saturated rings. The van der Waals surface area contributed by atoms with Crippen molar-refractivity contribution < 1.29 is 0 Å². The summed E-state index contributed by atoms with van der Waals surface area (Å²) in [4.78, 5) is 2.33. The topological polar surface area (TPSA) is 29.3 Å². The van der Waals surface area contributed by atoms with E-state index in [1.54, 1.807) is 22.7 Å². The second-order valence-corrected chi connectivity index (χ2v) is 11.4. The molecular formula is C35H30N2S2. The highest BCUT2D eigenvalue weighted by Gasteiger charge is 2.18. The van der Waals surface area contributed by atoms with Crippen molar-refractivity contribution in [1.82, 2.24) is 0 Å². The zero-order chi connectivity index (χ0) is 26.8. The summed E-state index contributed by atoms with van der Waals surface area (Å²) >= 11 is 3.45. The first-order valence-corrected chi connectivity index (χ1v) is 15.0. The number of nitrogens with two attached hydrogens (primary N) is 1. The molecule has 0 saturated carbocycles. The van der Waals surface area contributed by atoms with Crippen molar-refractivity contribution >= 4 is 45.4 Å². The molecule has 192 valence electrons. The second kappa shape index (κ2) is 10.9. The van der Waals surface area contributed by atoms with E-state index < -0.39 is 0 Å². The summed E-state index contributed by atoms with van der Waals surface area (Å²) in [7, 11) is 0. The summed E-state index contributed by atoms with van der Waals surface area (Å²) in [5, 5.41) is 8.93. The van der Waals surface area contributed by atoms with Gasteiger partial charge in [0.15, 0.2) is 0 Å². The lowest BCUT2D eigenvalue weighted by atomic mass is 9.93. The predicted octanol–water partition coefficient (Wildman–Crippen LogP) is 11.0. The van der Waals surface area contributed by atoms with Crippen LogP contribution in [0.4, 0.5) is 22.7 Å². The van der Waals surface area contributed by atoms with Gasteiger partial charge in [0.1, 0.15) is 0 Å². The number of para-hydroxylation sites is 2. The Morgan fingerprint density at radius 3 is 1.72 bits per heavy atom. The first kappa shape index (κ1) is 25.2. The molecule has 0 aliphatic rings. The minimum Gasteiger partial charge on any atom is -0.398 e. The van der Waals surface area contributed by atoms with Crippen LogP contribution in [-0.2, 0) is 0 Å². The maximum Gasteiger partial charge on any atom is 0.0647 e. The molecule has 0 bridgehead atoms. The lowest BCUT2D eigenvalue weighted by molar-refractivity contribution is 0.867. The average molecular weight is 543 g/mol. The summed E-state index contributed by atoms with van der Waals surface area (Å²) < 4.78 is 0. The van der Waals surface area contributed by atoms with E-state index in [1.807, 2.05) is 6.07 Å². The molecule has 2 heterocycles. The van der Waals surface area contributed by atoms with Gasteiger partial charge in [0.2, 0.25) is 0 Å². The van der Waals surface area contributed by atoms with Gasteiger partial charge in [0, 0.05) is 50.1 Å². The third-order valence-electron chi connectivity index (χ3n) is 7.11. The maximum atomic E-state index is 6.46. The number of nitrogens with zero attached hydrogens (tertiary/aromatic N) is 1. The van der Waals surface area contributed by atoms with E-state index in [-0.39, 0.29) is 0 Å². The monoisotopic (exact) mass is 542 g/mol. The van der Waals surface area contributed by atoms with E-state index in [1.165, 1.54) is 39.1 Å². The van der Waals surface area contributed by atoms with Gasteiger partial charge in [-0.25, -0.2) is 0 Å². The van der Waals surface area contributed by atoms with Gasteiger partial charge in [0.05, 0.1) is 5.69 Å². The number of hydrogen-bond acceptors (Lipinski definition) is 4. The van der Waals surface area contributed by atoms with Crippen LogP contribution in [0.3, 0.4) is 0 Å². The SMILES string of the molecule is CC(C)c1ccc(N)c(-c2cscc2-c2ccc(-c3cscc3N(c3ccccc3)c3ccccc3)cc2)c1. The van der Waals surface area contributed by atoms with Crippen LogP contribution < -0.4 is 10.6 Å². The van der Waals surface area contributed by atoms with Gasteiger partial charge in [0.25, 0.3) is 0 Å². The van der Waals surface area contributed by atoms with E-state index in [9.17, 15) is 0 Å². The van der Waals surface area contributed by atoms with Crippen LogP contribution in [0, 0.1) is 0 Å². The molecule has 2 nitrogen and oxygen atoms in total. The van der Waals surface area contributed by atoms with E-state index >= 15 is 0 Å². The lowest BCUT2D eigenvalue weighted by Crippen LogP contribution is -2.09. The van der Waals surface area contributed by atoms with Gasteiger partial charge in [-0.1, -0.05) is 80.6 Å². The van der Waals surface area contributed by atoms with Crippen molar-refractivity contribution in [3.8, 4) is 33.4 Å². The average Bonchev–Trinajstić information content (AvgIpc) is 3.65. The van der Waals surface area contributed by atoms with E-state index in [0.29, 0.717) is 5.92 Å². The number of benzene rings is 4. The molecule has 0 spiro atoms. The fourth-order valence-corrected chi connectivity index (χ4v) is 6.67. The highest BCUT2D eigenvalue weighted by Crippen LogP contribution is 2.44. The Balaban J connectivity index is 1.38. The van der Waals surface area contributed by atoms with Crippen LogP contribution in [0.2, 0.25) is 0 Å². The van der Waals surface area contributed by atoms with Crippen LogP contribution >= 0.6 is 22.7 Å². The fraction of sp³-hybridized carbons (Fsp3) is 0.0857. The van der Waals surface area contributed by atoms with E-state index in [0.717, 1.165) is 22.6 Å². The fourth-order valence-electron chi connectivity index (χ4n) is 4.99. The summed E-state index contributed by atoms with van der Waals surface area (Å²) in [6, 6.07) is 36.5. The van der Waals surface area contributed by atoms with Crippen LogP contribution in [0.1, 0.15) is 25.3 Å². The molecule has 6 aromatic rings. The molecule has 4 heteroatoms. The number of anilines is 4. The molecule has 39 heavy (non-hydrogen) atoms. The zero-order valence-corrected chi connectivity index (χ0v) is 23.7. The smallest absolute Gasteiger partial charge is 0.0647 e. The molecular weight excluding hydrogens is 513 g/mol. The van der Waals surface area contributed by atoms with E-state index in [4.69, 9.17) is 5.73 Å². The van der Waals surface area contributed by atoms with Gasteiger partial charge in [-0.3, -0.25) is 0 Å². The normalized spacial score (nSPS) is 11.2. The minimum absolute atomic E-state index is 0.455. The van der Waals surface area contributed by atoms with Crippen LogP contribution in [0.15, 0.2) is 125 Å². The summed E-state index contributed by atoms with van der Waals surface area (Å²) in [5.41, 5.74) is 19.2. The first-order chi connectivity index (χ1) is 19.1. The van der Waals surface area contributed by atoms with Crippen molar-refractivity contribution in [3.05, 3.63) is 130 Å². The standard InChI is InChI=1S/C35H30N2S2/c1-24(2)27-17-18-34(36)30(19-27)33-22-38-20-31(33)25-13-15-26(16-14-25)32-21-39-23-35(32)37(28-9-5-3-6-10-28)29-11-7-4-8-12-29/h3-24H,36H2,1-2H3. The molecule has 2 aromatic heterocycles. The van der Waals surface area contributed by atoms with Gasteiger partial charge in [-0.05, 0) is 69.8 Å². The molecule has 0 aliphatic heterocycles. The molecule has 0 atom stereocenters. The van der Waals surface area contributed by atoms with Crippen LogP contribution in [0.25, 0.3) is 33.4 Å². The Morgan fingerprint density at radius 2 is 1.10 bits per heavy atom. The van der Waals surface area contributed by atoms with Gasteiger partial charge in [-0.15, -0.1) is 11.3 Å². The van der Waals surface area contributed by atoms with Gasteiger partial charge >= 0.3 is 0 Å². The quantitative estimate of drug-likeness (QED) is 0.203. The lowest BCUT2D eigenvalue weighted by Gasteiger charge is -2.25. The Hall–Kier alpha value is -4.12. The van der Waals surface area contributed by atoms with Crippen molar-refractivity contribution in [2.75, 3.05) is 10.6 Å². The maximum absolute atomic E-state index is 6.46. The van der Waals surface area contributed by atoms with Crippen molar-refractivity contribution in [3.63, 3.8) is 0 Å². The largest absolute Gasteiger partial charge is 0.398 e. The molecule has 0 radical (unpaired) electrons. The predicted molar refractivity (Wildman–Crippen MR) is 172 cm³/mol. The van der Waals surface area contributed by atoms with Crippen molar-refractivity contribution in [2.24, 2.45) is 0 Å². The highest BCUT2D eigenvalue weighted by atomic mass is 32.1. The molecule has 2 N–H and O–H groups in total. The Bertz CT molecular complexity index is 1640. The molecule has 0 unspecified atom stereocenters. The van der Waals surface area contributed by atoms with Crippen LogP contribution in [-0.4, -0.2) is 0 Å². The molecule has 4 aromatic carbocycles.